The lowest BCUT2D eigenvalue weighted by molar-refractivity contribution is 0.296. The summed E-state index contributed by atoms with van der Waals surface area (Å²) in [5.74, 6) is 1.23. The fourth-order valence-electron chi connectivity index (χ4n) is 3.88. The Bertz CT molecular complexity index is 1110. The van der Waals surface area contributed by atoms with E-state index in [1.807, 2.05) is 18.2 Å². The molecule has 0 spiro atoms. The highest BCUT2D eigenvalue weighted by atomic mass is 32.2. The van der Waals surface area contributed by atoms with Crippen molar-refractivity contribution in [2.24, 2.45) is 0 Å². The first-order valence-electron chi connectivity index (χ1n) is 9.86. The van der Waals surface area contributed by atoms with Crippen molar-refractivity contribution >= 4 is 31.6 Å². The molecule has 29 heavy (non-hydrogen) atoms. The van der Waals surface area contributed by atoms with Crippen LogP contribution in [0.15, 0.2) is 47.4 Å². The summed E-state index contributed by atoms with van der Waals surface area (Å²) in [7, 11) is -3.60. The Kier molecular flexibility index (Phi) is 4.93. The van der Waals surface area contributed by atoms with Crippen molar-refractivity contribution in [3.63, 3.8) is 0 Å². The molecule has 152 valence electrons. The maximum absolute atomic E-state index is 13.3. The topological polar surface area (TPSA) is 68.7 Å². The normalized spacial score (nSPS) is 20.5. The van der Waals surface area contributed by atoms with Crippen molar-refractivity contribution < 1.29 is 17.9 Å². The summed E-state index contributed by atoms with van der Waals surface area (Å²) in [4.78, 5) is 5.01. The number of hydrogen-bond acceptors (Lipinski definition) is 6. The predicted octanol–water partition coefficient (Wildman–Crippen LogP) is 4.03. The second-order valence-corrected chi connectivity index (χ2v) is 10.4. The molecule has 1 unspecified atom stereocenters. The molecule has 1 atom stereocenters. The number of ether oxygens (including phenoxy) is 2. The van der Waals surface area contributed by atoms with Gasteiger partial charge in [-0.05, 0) is 37.1 Å². The summed E-state index contributed by atoms with van der Waals surface area (Å²) >= 11 is 1.66. The third kappa shape index (κ3) is 3.60. The molecule has 5 rings (SSSR count). The zero-order valence-electron chi connectivity index (χ0n) is 15.9. The van der Waals surface area contributed by atoms with Gasteiger partial charge in [0.25, 0.3) is 0 Å². The van der Waals surface area contributed by atoms with Gasteiger partial charge in [0.05, 0.1) is 33.3 Å². The molecule has 2 aromatic carbocycles. The molecule has 0 bridgehead atoms. The molecular weight excluding hydrogens is 408 g/mol. The van der Waals surface area contributed by atoms with Gasteiger partial charge < -0.3 is 9.47 Å². The molecular formula is C21H22N2O4S2. The van der Waals surface area contributed by atoms with Gasteiger partial charge in [0.1, 0.15) is 0 Å². The molecule has 3 aromatic rings. The zero-order chi connectivity index (χ0) is 19.8. The van der Waals surface area contributed by atoms with E-state index >= 15 is 0 Å². The minimum absolute atomic E-state index is 0.122. The highest BCUT2D eigenvalue weighted by Gasteiger charge is 2.33. The Morgan fingerprint density at radius 1 is 1.03 bits per heavy atom. The summed E-state index contributed by atoms with van der Waals surface area (Å²) in [5, 5.41) is 1.02. The van der Waals surface area contributed by atoms with Gasteiger partial charge in [0.2, 0.25) is 10.0 Å². The SMILES string of the molecule is O=S(=O)(c1ccc2c(c1)OCCCO2)N1CCCC(c2nc3ccccc3s2)C1. The molecule has 8 heteroatoms. The predicted molar refractivity (Wildman–Crippen MR) is 112 cm³/mol. The van der Waals surface area contributed by atoms with Crippen molar-refractivity contribution in [3.8, 4) is 11.5 Å². The van der Waals surface area contributed by atoms with Gasteiger partial charge in [-0.25, -0.2) is 13.4 Å². The van der Waals surface area contributed by atoms with Crippen molar-refractivity contribution in [2.45, 2.75) is 30.1 Å². The van der Waals surface area contributed by atoms with Gasteiger partial charge in [0.15, 0.2) is 11.5 Å². The van der Waals surface area contributed by atoms with E-state index in [2.05, 4.69) is 6.07 Å². The van der Waals surface area contributed by atoms with E-state index in [-0.39, 0.29) is 10.8 Å². The lowest BCUT2D eigenvalue weighted by Gasteiger charge is -2.31. The highest BCUT2D eigenvalue weighted by molar-refractivity contribution is 7.89. The minimum atomic E-state index is -3.60. The van der Waals surface area contributed by atoms with Crippen LogP contribution in [0.5, 0.6) is 11.5 Å². The van der Waals surface area contributed by atoms with E-state index < -0.39 is 10.0 Å². The van der Waals surface area contributed by atoms with Crippen LogP contribution in [0.4, 0.5) is 0 Å². The van der Waals surface area contributed by atoms with E-state index in [9.17, 15) is 8.42 Å². The van der Waals surface area contributed by atoms with Crippen LogP contribution in [0, 0.1) is 0 Å². The number of rotatable bonds is 3. The van der Waals surface area contributed by atoms with Gasteiger partial charge in [-0.15, -0.1) is 11.3 Å². The van der Waals surface area contributed by atoms with Crippen LogP contribution >= 0.6 is 11.3 Å². The number of aromatic nitrogens is 1. The lowest BCUT2D eigenvalue weighted by atomic mass is 10.0. The van der Waals surface area contributed by atoms with Crippen molar-refractivity contribution in [1.82, 2.24) is 9.29 Å². The van der Waals surface area contributed by atoms with Gasteiger partial charge >= 0.3 is 0 Å². The van der Waals surface area contributed by atoms with Gasteiger partial charge in [-0.2, -0.15) is 4.31 Å². The minimum Gasteiger partial charge on any atom is -0.490 e. The summed E-state index contributed by atoms with van der Waals surface area (Å²) < 4.78 is 40.7. The smallest absolute Gasteiger partial charge is 0.243 e. The first kappa shape index (κ1) is 18.8. The van der Waals surface area contributed by atoms with Crippen LogP contribution in [-0.2, 0) is 10.0 Å². The molecule has 1 aromatic heterocycles. The van der Waals surface area contributed by atoms with Crippen LogP contribution in [0.25, 0.3) is 10.2 Å². The van der Waals surface area contributed by atoms with E-state index in [1.54, 1.807) is 33.8 Å². The maximum atomic E-state index is 13.3. The summed E-state index contributed by atoms with van der Waals surface area (Å²) in [5.41, 5.74) is 0.982. The first-order chi connectivity index (χ1) is 14.1. The molecule has 0 aliphatic carbocycles. The van der Waals surface area contributed by atoms with Crippen LogP contribution in [0.3, 0.4) is 0 Å². The molecule has 0 radical (unpaired) electrons. The van der Waals surface area contributed by atoms with Crippen molar-refractivity contribution in [1.29, 1.82) is 0 Å². The molecule has 2 aliphatic heterocycles. The molecule has 2 aliphatic rings. The van der Waals surface area contributed by atoms with Gasteiger partial charge in [-0.3, -0.25) is 0 Å². The Balaban J connectivity index is 1.41. The van der Waals surface area contributed by atoms with E-state index in [0.717, 1.165) is 34.5 Å². The summed E-state index contributed by atoms with van der Waals surface area (Å²) in [6.45, 7) is 2.09. The molecule has 1 saturated heterocycles. The summed E-state index contributed by atoms with van der Waals surface area (Å²) in [6, 6.07) is 13.0. The number of nitrogens with zero attached hydrogens (tertiary/aromatic N) is 2. The van der Waals surface area contributed by atoms with E-state index in [4.69, 9.17) is 14.5 Å². The number of thiazole rings is 1. The highest BCUT2D eigenvalue weighted by Crippen LogP contribution is 2.37. The fourth-order valence-corrected chi connectivity index (χ4v) is 6.51. The summed E-state index contributed by atoms with van der Waals surface area (Å²) in [6.07, 6.45) is 2.56. The second-order valence-electron chi connectivity index (χ2n) is 7.38. The number of hydrogen-bond donors (Lipinski definition) is 0. The van der Waals surface area contributed by atoms with Crippen molar-refractivity contribution in [3.05, 3.63) is 47.5 Å². The van der Waals surface area contributed by atoms with Gasteiger partial charge in [0, 0.05) is 31.5 Å². The molecule has 0 amide bonds. The first-order valence-corrected chi connectivity index (χ1v) is 12.1. The third-order valence-electron chi connectivity index (χ3n) is 5.40. The zero-order valence-corrected chi connectivity index (χ0v) is 17.5. The monoisotopic (exact) mass is 430 g/mol. The number of piperidine rings is 1. The molecule has 6 nitrogen and oxygen atoms in total. The average molecular weight is 431 g/mol. The Morgan fingerprint density at radius 3 is 2.72 bits per heavy atom. The average Bonchev–Trinajstić information content (AvgIpc) is 3.04. The lowest BCUT2D eigenvalue weighted by Crippen LogP contribution is -2.39. The maximum Gasteiger partial charge on any atom is 0.243 e. The molecule has 1 fully saturated rings. The number of sulfonamides is 1. The largest absolute Gasteiger partial charge is 0.490 e. The number of fused-ring (bicyclic) bond motifs is 2. The van der Waals surface area contributed by atoms with Gasteiger partial charge in [-0.1, -0.05) is 12.1 Å². The molecule has 0 N–H and O–H groups in total. The van der Waals surface area contributed by atoms with Crippen molar-refractivity contribution in [2.75, 3.05) is 26.3 Å². The fraction of sp³-hybridized carbons (Fsp3) is 0.381. The van der Waals surface area contributed by atoms with Crippen LogP contribution in [-0.4, -0.2) is 44.0 Å². The third-order valence-corrected chi connectivity index (χ3v) is 8.46. The quantitative estimate of drug-likeness (QED) is 0.628. The van der Waals surface area contributed by atoms with Crippen LogP contribution < -0.4 is 9.47 Å². The van der Waals surface area contributed by atoms with Crippen LogP contribution in [0.1, 0.15) is 30.2 Å². The van der Waals surface area contributed by atoms with E-state index in [1.165, 1.54) is 0 Å². The Labute approximate surface area is 174 Å². The van der Waals surface area contributed by atoms with E-state index in [0.29, 0.717) is 37.8 Å². The molecule has 0 saturated carbocycles. The second kappa shape index (κ2) is 7.59. The number of para-hydroxylation sites is 1. The Hall–Kier alpha value is -2.16. The molecule has 3 heterocycles. The van der Waals surface area contributed by atoms with Crippen LogP contribution in [0.2, 0.25) is 0 Å². The standard InChI is InChI=1S/C21H22N2O4S2/c24-29(25,16-8-9-18-19(13-16)27-12-4-11-26-18)23-10-3-5-15(14-23)21-22-17-6-1-2-7-20(17)28-21/h1-2,6-9,13,15H,3-5,10-12,14H2. The number of benzene rings is 2. The Morgan fingerprint density at radius 2 is 1.86 bits per heavy atom.